The van der Waals surface area contributed by atoms with Crippen molar-refractivity contribution in [2.75, 3.05) is 38.1 Å². The van der Waals surface area contributed by atoms with Crippen molar-refractivity contribution >= 4 is 46.6 Å². The van der Waals surface area contributed by atoms with Gasteiger partial charge in [-0.2, -0.15) is 4.37 Å². The molecule has 1 aliphatic heterocycles. The number of halogens is 1. The van der Waals surface area contributed by atoms with Gasteiger partial charge in [-0.3, -0.25) is 4.99 Å². The van der Waals surface area contributed by atoms with Crippen LogP contribution in [0.2, 0.25) is 0 Å². The lowest BCUT2D eigenvalue weighted by atomic mass is 10.1. The molecule has 1 fully saturated rings. The molecule has 0 unspecified atom stereocenters. The molecule has 3 heterocycles. The third-order valence-corrected chi connectivity index (χ3v) is 5.86. The number of anilines is 1. The van der Waals surface area contributed by atoms with Crippen molar-refractivity contribution in [2.45, 2.75) is 19.9 Å². The average Bonchev–Trinajstić information content (AvgIpc) is 3.47. The summed E-state index contributed by atoms with van der Waals surface area (Å²) < 4.78 is 6.44. The summed E-state index contributed by atoms with van der Waals surface area (Å²) >= 11 is 1.50. The van der Waals surface area contributed by atoms with Crippen LogP contribution in [0.4, 0.5) is 5.13 Å². The Labute approximate surface area is 198 Å². The third-order valence-electron chi connectivity index (χ3n) is 5.05. The molecule has 0 spiro atoms. The lowest BCUT2D eigenvalue weighted by Gasteiger charge is -2.36. The quantitative estimate of drug-likeness (QED) is 0.306. The molecule has 160 valence electrons. The fraction of sp³-hybridized carbons (Fsp3) is 0.400. The lowest BCUT2D eigenvalue weighted by molar-refractivity contribution is 0.372. The molecular weight excluding hydrogens is 511 g/mol. The molecule has 10 heteroatoms. The predicted octanol–water partition coefficient (Wildman–Crippen LogP) is 2.80. The van der Waals surface area contributed by atoms with Crippen LogP contribution in [0.15, 0.2) is 48.0 Å². The van der Waals surface area contributed by atoms with Gasteiger partial charge in [-0.25, -0.2) is 9.97 Å². The van der Waals surface area contributed by atoms with E-state index in [1.165, 1.54) is 17.1 Å². The van der Waals surface area contributed by atoms with Crippen molar-refractivity contribution in [3.8, 4) is 5.69 Å². The number of para-hydroxylation sites is 1. The van der Waals surface area contributed by atoms with Gasteiger partial charge in [-0.15, -0.1) is 24.0 Å². The van der Waals surface area contributed by atoms with Gasteiger partial charge in [0.05, 0.1) is 12.0 Å². The number of benzene rings is 1. The first-order chi connectivity index (χ1) is 14.3. The molecule has 30 heavy (non-hydrogen) atoms. The molecule has 8 nitrogen and oxygen atoms in total. The summed E-state index contributed by atoms with van der Waals surface area (Å²) in [5, 5.41) is 4.55. The Bertz CT molecular complexity index is 947. The van der Waals surface area contributed by atoms with Gasteiger partial charge >= 0.3 is 0 Å². The van der Waals surface area contributed by atoms with Crippen LogP contribution in [0.25, 0.3) is 5.69 Å². The largest absolute Gasteiger partial charge is 0.352 e. The highest BCUT2D eigenvalue weighted by molar-refractivity contribution is 14.0. The SMILES string of the molecule is CCc1nsc(N2CCN(C(=NC)NCc3ccccc3-n3ccnc3)CC2)n1.I. The molecule has 1 N–H and O–H groups in total. The smallest absolute Gasteiger partial charge is 0.205 e. The van der Waals surface area contributed by atoms with Gasteiger partial charge in [0.2, 0.25) is 5.13 Å². The predicted molar refractivity (Wildman–Crippen MR) is 132 cm³/mol. The molecule has 1 aliphatic rings. The van der Waals surface area contributed by atoms with Gasteiger partial charge in [0.1, 0.15) is 5.82 Å². The Balaban J connectivity index is 0.00000256. The topological polar surface area (TPSA) is 74.5 Å². The third kappa shape index (κ3) is 5.09. The van der Waals surface area contributed by atoms with Gasteiger partial charge < -0.3 is 19.7 Å². The van der Waals surface area contributed by atoms with Crippen LogP contribution >= 0.6 is 35.5 Å². The van der Waals surface area contributed by atoms with Crippen molar-refractivity contribution < 1.29 is 0 Å². The van der Waals surface area contributed by atoms with Crippen molar-refractivity contribution in [3.63, 3.8) is 0 Å². The van der Waals surface area contributed by atoms with E-state index in [0.29, 0.717) is 6.54 Å². The molecule has 1 saturated heterocycles. The summed E-state index contributed by atoms with van der Waals surface area (Å²) in [6.45, 7) is 6.45. The van der Waals surface area contributed by atoms with Crippen LogP contribution in [-0.2, 0) is 13.0 Å². The highest BCUT2D eigenvalue weighted by Gasteiger charge is 2.22. The number of hydrogen-bond donors (Lipinski definition) is 1. The zero-order valence-electron chi connectivity index (χ0n) is 17.2. The number of guanidine groups is 1. The highest BCUT2D eigenvalue weighted by Crippen LogP contribution is 2.19. The van der Waals surface area contributed by atoms with Crippen molar-refractivity contribution in [1.82, 2.24) is 29.1 Å². The molecule has 0 aliphatic carbocycles. The maximum absolute atomic E-state index is 4.61. The van der Waals surface area contributed by atoms with Crippen molar-refractivity contribution in [1.29, 1.82) is 0 Å². The average molecular weight is 538 g/mol. The van der Waals surface area contributed by atoms with E-state index in [-0.39, 0.29) is 24.0 Å². The highest BCUT2D eigenvalue weighted by atomic mass is 127. The number of piperazine rings is 1. The summed E-state index contributed by atoms with van der Waals surface area (Å²) in [4.78, 5) is 17.9. The number of hydrogen-bond acceptors (Lipinski definition) is 6. The second-order valence-electron chi connectivity index (χ2n) is 6.82. The van der Waals surface area contributed by atoms with Crippen LogP contribution in [-0.4, -0.2) is 63.0 Å². The Kier molecular flexibility index (Phi) is 8.02. The maximum Gasteiger partial charge on any atom is 0.205 e. The minimum atomic E-state index is 0. The summed E-state index contributed by atoms with van der Waals surface area (Å²) in [5.41, 5.74) is 2.33. The van der Waals surface area contributed by atoms with E-state index in [1.54, 1.807) is 6.20 Å². The first kappa shape index (κ1) is 22.5. The standard InChI is InChI=1S/C20H26N8S.HI/c1-3-18-24-20(29-25-18)27-12-10-26(11-13-27)19(21-2)23-14-16-6-4-5-7-17(16)28-9-8-22-15-28;/h4-9,15H,3,10-14H2,1-2H3,(H,21,23);1H. The van der Waals surface area contributed by atoms with Gasteiger partial charge in [-0.1, -0.05) is 25.1 Å². The first-order valence-electron chi connectivity index (χ1n) is 9.88. The van der Waals surface area contributed by atoms with Gasteiger partial charge in [0.15, 0.2) is 5.96 Å². The molecule has 0 atom stereocenters. The van der Waals surface area contributed by atoms with E-state index in [0.717, 1.165) is 55.2 Å². The fourth-order valence-electron chi connectivity index (χ4n) is 3.45. The van der Waals surface area contributed by atoms with E-state index in [9.17, 15) is 0 Å². The van der Waals surface area contributed by atoms with Crippen molar-refractivity contribution in [3.05, 3.63) is 54.4 Å². The summed E-state index contributed by atoms with van der Waals surface area (Å²) in [5.74, 6) is 1.86. The Morgan fingerprint density at radius 1 is 1.20 bits per heavy atom. The van der Waals surface area contributed by atoms with E-state index >= 15 is 0 Å². The van der Waals surface area contributed by atoms with Crippen LogP contribution in [0.3, 0.4) is 0 Å². The molecule has 2 aromatic heterocycles. The molecular formula is C20H27IN8S. The van der Waals surface area contributed by atoms with Crippen molar-refractivity contribution in [2.24, 2.45) is 4.99 Å². The Morgan fingerprint density at radius 2 is 2.00 bits per heavy atom. The Hall–Kier alpha value is -2.21. The normalized spacial score (nSPS) is 14.5. The van der Waals surface area contributed by atoms with E-state index < -0.39 is 0 Å². The van der Waals surface area contributed by atoms with Gasteiger partial charge in [0.25, 0.3) is 0 Å². The number of rotatable bonds is 5. The van der Waals surface area contributed by atoms with E-state index in [4.69, 9.17) is 0 Å². The molecule has 3 aromatic rings. The number of aromatic nitrogens is 4. The fourth-order valence-corrected chi connectivity index (χ4v) is 4.25. The summed E-state index contributed by atoms with van der Waals surface area (Å²) in [6, 6.07) is 8.34. The second kappa shape index (κ2) is 10.7. The summed E-state index contributed by atoms with van der Waals surface area (Å²) in [7, 11) is 1.84. The number of aryl methyl sites for hydroxylation is 1. The molecule has 4 rings (SSSR count). The zero-order valence-corrected chi connectivity index (χ0v) is 20.4. The molecule has 1 aromatic carbocycles. The minimum absolute atomic E-state index is 0. The first-order valence-corrected chi connectivity index (χ1v) is 10.6. The molecule has 0 radical (unpaired) electrons. The molecule has 0 bridgehead atoms. The summed E-state index contributed by atoms with van der Waals surface area (Å²) in [6.07, 6.45) is 6.46. The van der Waals surface area contributed by atoms with Crippen LogP contribution < -0.4 is 10.2 Å². The zero-order chi connectivity index (χ0) is 20.1. The molecule has 0 saturated carbocycles. The monoisotopic (exact) mass is 538 g/mol. The minimum Gasteiger partial charge on any atom is -0.352 e. The lowest BCUT2D eigenvalue weighted by Crippen LogP contribution is -2.52. The van der Waals surface area contributed by atoms with Crippen LogP contribution in [0.1, 0.15) is 18.3 Å². The van der Waals surface area contributed by atoms with E-state index in [2.05, 4.69) is 59.6 Å². The van der Waals surface area contributed by atoms with Crippen LogP contribution in [0.5, 0.6) is 0 Å². The maximum atomic E-state index is 4.61. The number of nitrogens with zero attached hydrogens (tertiary/aromatic N) is 7. The van der Waals surface area contributed by atoms with Crippen LogP contribution in [0, 0.1) is 0 Å². The number of imidazole rings is 1. The second-order valence-corrected chi connectivity index (χ2v) is 7.55. The van der Waals surface area contributed by atoms with Gasteiger partial charge in [-0.05, 0) is 11.6 Å². The number of nitrogens with one attached hydrogen (secondary N) is 1. The number of aliphatic imine (C=N–C) groups is 1. The van der Waals surface area contributed by atoms with E-state index in [1.807, 2.05) is 30.2 Å². The van der Waals surface area contributed by atoms with Gasteiger partial charge in [0, 0.05) is 70.1 Å². The molecule has 0 amide bonds. The Morgan fingerprint density at radius 3 is 2.67 bits per heavy atom.